The zero-order valence-corrected chi connectivity index (χ0v) is 39.7. The van der Waals surface area contributed by atoms with Crippen LogP contribution in [0, 0.1) is 23.7 Å². The molecule has 0 amide bonds. The minimum absolute atomic E-state index is 0.00788. The summed E-state index contributed by atoms with van der Waals surface area (Å²) in [5.74, 6) is -3.59. The number of cyclic esters (lactones) is 1. The van der Waals surface area contributed by atoms with Crippen LogP contribution >= 0.6 is 0 Å². The number of hydrogen-bond donors (Lipinski definition) is 5. The highest BCUT2D eigenvalue weighted by Crippen LogP contribution is 2.37. The van der Waals surface area contributed by atoms with E-state index in [4.69, 9.17) is 42.6 Å². The Kier molecular flexibility index (Phi) is 20.5. The Hall–Kier alpha value is -2.27. The lowest BCUT2D eigenvalue weighted by Gasteiger charge is -2.50. The maximum absolute atomic E-state index is 13.8. The highest BCUT2D eigenvalue weighted by atomic mass is 16.7. The lowest BCUT2D eigenvalue weighted by atomic mass is 9.79. The van der Waals surface area contributed by atoms with E-state index in [0.717, 1.165) is 6.29 Å². The maximum Gasteiger partial charge on any atom is 0.308 e. The van der Waals surface area contributed by atoms with Crippen LogP contribution in [-0.4, -0.2) is 187 Å². The molecule has 64 heavy (non-hydrogen) atoms. The summed E-state index contributed by atoms with van der Waals surface area (Å²) in [6.45, 7) is 13.6. The van der Waals surface area contributed by atoms with Crippen LogP contribution in [0.4, 0.5) is 0 Å². The average molecular weight is 916 g/mol. The second kappa shape index (κ2) is 24.1. The van der Waals surface area contributed by atoms with Crippen molar-refractivity contribution in [2.75, 3.05) is 34.9 Å². The van der Waals surface area contributed by atoms with E-state index in [9.17, 15) is 39.9 Å². The predicted octanol–water partition coefficient (Wildman–Crippen LogP) is 1.83. The van der Waals surface area contributed by atoms with Gasteiger partial charge in [-0.05, 0) is 73.5 Å². The van der Waals surface area contributed by atoms with E-state index < -0.39 is 140 Å². The van der Waals surface area contributed by atoms with Crippen molar-refractivity contribution in [3.63, 3.8) is 0 Å². The SMILES string of the molecule is CC[C@H]1OC(=O)C[C@@H](O)[C@H](C)[C@@H](O[C@H]2O[C@H](C)[C@@H](O[C@H]3C[C@@](C)(O)[C@@H](O)[C@H](C)O3)[C@H](N(C)C)[C@H]2O)[C@@H](CC=O)C[C@@H](C)C(=O)/C=C/C(C)=C/[C@@H]1CO[C@@H]1O[C@H](C)[C@@H](O)[C@@H](OC)[C@H]1OC. The van der Waals surface area contributed by atoms with Crippen molar-refractivity contribution in [2.24, 2.45) is 23.7 Å². The molecular formula is C46H77NO17. The first-order valence-corrected chi connectivity index (χ1v) is 22.7. The van der Waals surface area contributed by atoms with Crippen molar-refractivity contribution < 1.29 is 82.5 Å². The molecule has 0 radical (unpaired) electrons. The summed E-state index contributed by atoms with van der Waals surface area (Å²) in [4.78, 5) is 41.5. The largest absolute Gasteiger partial charge is 0.462 e. The number of ketones is 1. The third kappa shape index (κ3) is 13.5. The second-order valence-corrected chi connectivity index (χ2v) is 18.7. The Morgan fingerprint density at radius 2 is 1.52 bits per heavy atom. The molecule has 4 heterocycles. The molecular weight excluding hydrogens is 838 g/mol. The lowest BCUT2D eigenvalue weighted by molar-refractivity contribution is -0.341. The number of likely N-dealkylation sites (N-methyl/N-ethyl adjacent to an activating group) is 1. The standard InChI is InChI=1S/C46H77NO17/c1-13-33-30(22-58-45-42(57-12)41(56-11)37(52)26(5)60-45)18-23(2)14-15-31(49)24(3)19-29(16-17-48)39(25(4)32(50)20-34(51)62-33)64-44-38(53)36(47(9)10)40(27(6)61-44)63-35-21-46(8,55)43(54)28(7)59-35/h14-15,17-18,24-30,32-33,35-45,50,52-55H,13,16,19-22H2,1-12H3/b15-14+,23-18+/t24-,25+,26-,27-,28+,29+,30-,32-,33-,35+,36-,37-,38-,39-,40-,41-,42-,43+,44-,45-,46-/m1/s1. The van der Waals surface area contributed by atoms with E-state index in [1.165, 1.54) is 27.2 Å². The fourth-order valence-corrected chi connectivity index (χ4v) is 9.51. The Labute approximate surface area is 378 Å². The van der Waals surface area contributed by atoms with Crippen LogP contribution in [0.2, 0.25) is 0 Å². The molecule has 4 aliphatic rings. The van der Waals surface area contributed by atoms with Gasteiger partial charge >= 0.3 is 5.97 Å². The summed E-state index contributed by atoms with van der Waals surface area (Å²) in [7, 11) is 6.43. The van der Waals surface area contributed by atoms with Gasteiger partial charge in [-0.3, -0.25) is 9.59 Å². The van der Waals surface area contributed by atoms with Crippen LogP contribution in [-0.2, 0) is 57.0 Å². The number of methoxy groups -OCH3 is 2. The number of esters is 1. The molecule has 368 valence electrons. The fraction of sp³-hybridized carbons (Fsp3) is 0.848. The maximum atomic E-state index is 13.8. The molecule has 18 heteroatoms. The fourth-order valence-electron chi connectivity index (χ4n) is 9.51. The summed E-state index contributed by atoms with van der Waals surface area (Å²) >= 11 is 0. The van der Waals surface area contributed by atoms with Crippen molar-refractivity contribution in [3.05, 3.63) is 23.8 Å². The van der Waals surface area contributed by atoms with E-state index in [1.54, 1.807) is 59.7 Å². The van der Waals surface area contributed by atoms with Crippen LogP contribution in [0.25, 0.3) is 0 Å². The van der Waals surface area contributed by atoms with Gasteiger partial charge in [0.2, 0.25) is 0 Å². The number of nitrogens with zero attached hydrogens (tertiary/aromatic N) is 1. The molecule has 0 aromatic heterocycles. The summed E-state index contributed by atoms with van der Waals surface area (Å²) < 4.78 is 54.7. The van der Waals surface area contributed by atoms with Crippen LogP contribution in [0.15, 0.2) is 23.8 Å². The molecule has 0 aliphatic carbocycles. The molecule has 5 N–H and O–H groups in total. The van der Waals surface area contributed by atoms with Gasteiger partial charge in [-0.25, -0.2) is 0 Å². The number of allylic oxidation sites excluding steroid dienone is 3. The molecule has 0 spiro atoms. The van der Waals surface area contributed by atoms with Crippen LogP contribution in [0.3, 0.4) is 0 Å². The number of rotatable bonds is 13. The molecule has 3 fully saturated rings. The van der Waals surface area contributed by atoms with Crippen LogP contribution in [0.1, 0.15) is 87.5 Å². The zero-order valence-electron chi connectivity index (χ0n) is 39.7. The van der Waals surface area contributed by atoms with Crippen LogP contribution in [0.5, 0.6) is 0 Å². The van der Waals surface area contributed by atoms with Crippen molar-refractivity contribution in [1.29, 1.82) is 0 Å². The minimum Gasteiger partial charge on any atom is -0.462 e. The summed E-state index contributed by atoms with van der Waals surface area (Å²) in [5.41, 5.74) is -0.806. The van der Waals surface area contributed by atoms with E-state index in [0.29, 0.717) is 12.0 Å². The van der Waals surface area contributed by atoms with Crippen molar-refractivity contribution in [2.45, 2.75) is 191 Å². The number of carbonyl (C=O) groups excluding carboxylic acids is 3. The second-order valence-electron chi connectivity index (χ2n) is 18.7. The van der Waals surface area contributed by atoms with Crippen molar-refractivity contribution in [3.8, 4) is 0 Å². The van der Waals surface area contributed by atoms with Gasteiger partial charge in [0, 0.05) is 44.8 Å². The Morgan fingerprint density at radius 1 is 0.859 bits per heavy atom. The van der Waals surface area contributed by atoms with Gasteiger partial charge in [-0.1, -0.05) is 38.5 Å². The number of ether oxygens (including phenoxy) is 9. The topological polar surface area (TPSA) is 239 Å². The molecule has 4 rings (SSSR count). The normalized spacial score (nSPS) is 45.9. The van der Waals surface area contributed by atoms with E-state index in [2.05, 4.69) is 0 Å². The predicted molar refractivity (Wildman–Crippen MR) is 230 cm³/mol. The zero-order chi connectivity index (χ0) is 47.8. The summed E-state index contributed by atoms with van der Waals surface area (Å²) in [6, 6.07) is -0.748. The molecule has 18 nitrogen and oxygen atoms in total. The first kappa shape index (κ1) is 54.3. The highest BCUT2D eigenvalue weighted by molar-refractivity contribution is 5.91. The molecule has 0 aromatic carbocycles. The van der Waals surface area contributed by atoms with Gasteiger partial charge in [0.15, 0.2) is 24.7 Å². The van der Waals surface area contributed by atoms with E-state index in [1.807, 2.05) is 19.9 Å². The smallest absolute Gasteiger partial charge is 0.308 e. The third-order valence-electron chi connectivity index (χ3n) is 13.4. The number of aliphatic hydroxyl groups is 5. The molecule has 0 aromatic rings. The van der Waals surface area contributed by atoms with Gasteiger partial charge in [0.25, 0.3) is 0 Å². The minimum atomic E-state index is -1.49. The molecule has 4 aliphatic heterocycles. The van der Waals surface area contributed by atoms with Gasteiger partial charge < -0.3 is 77.9 Å². The lowest BCUT2D eigenvalue weighted by Crippen LogP contribution is -2.65. The molecule has 0 saturated carbocycles. The Balaban J connectivity index is 1.62. The van der Waals surface area contributed by atoms with Gasteiger partial charge in [-0.15, -0.1) is 0 Å². The number of aliphatic hydroxyl groups excluding tert-OH is 4. The average Bonchev–Trinajstić information content (AvgIpc) is 3.23. The molecule has 3 saturated heterocycles. The monoisotopic (exact) mass is 916 g/mol. The molecule has 21 atom stereocenters. The van der Waals surface area contributed by atoms with E-state index in [-0.39, 0.29) is 31.7 Å². The van der Waals surface area contributed by atoms with Crippen LogP contribution < -0.4 is 0 Å². The van der Waals surface area contributed by atoms with Gasteiger partial charge in [0.1, 0.15) is 49.0 Å². The number of hydrogen-bond acceptors (Lipinski definition) is 18. The summed E-state index contributed by atoms with van der Waals surface area (Å²) in [6.07, 6.45) is -8.49. The van der Waals surface area contributed by atoms with E-state index >= 15 is 0 Å². The van der Waals surface area contributed by atoms with Gasteiger partial charge in [0.05, 0.1) is 55.2 Å². The molecule has 0 unspecified atom stereocenters. The first-order valence-electron chi connectivity index (χ1n) is 22.7. The number of carbonyl (C=O) groups is 3. The number of aldehydes is 1. The highest BCUT2D eigenvalue weighted by Gasteiger charge is 2.52. The Bertz CT molecular complexity index is 1560. The van der Waals surface area contributed by atoms with Crippen molar-refractivity contribution in [1.82, 2.24) is 4.90 Å². The van der Waals surface area contributed by atoms with Crippen molar-refractivity contribution >= 4 is 18.0 Å². The third-order valence-corrected chi connectivity index (χ3v) is 13.4. The Morgan fingerprint density at radius 3 is 2.11 bits per heavy atom. The first-order chi connectivity index (χ1) is 30.1. The summed E-state index contributed by atoms with van der Waals surface area (Å²) in [5, 5.41) is 55.8. The quantitative estimate of drug-likeness (QED) is 0.131. The van der Waals surface area contributed by atoms with Gasteiger partial charge in [-0.2, -0.15) is 0 Å². The molecule has 0 bridgehead atoms.